The van der Waals surface area contributed by atoms with E-state index in [4.69, 9.17) is 0 Å². The van der Waals surface area contributed by atoms with Gasteiger partial charge in [-0.05, 0) is 31.5 Å². The summed E-state index contributed by atoms with van der Waals surface area (Å²) < 4.78 is 13.0. The highest BCUT2D eigenvalue weighted by atomic mass is 19.1. The number of amides is 1. The lowest BCUT2D eigenvalue weighted by Crippen LogP contribution is -2.45. The highest BCUT2D eigenvalue weighted by molar-refractivity contribution is 5.96. The van der Waals surface area contributed by atoms with Gasteiger partial charge in [-0.3, -0.25) is 4.79 Å². The van der Waals surface area contributed by atoms with Crippen molar-refractivity contribution in [1.82, 2.24) is 9.80 Å². The molecule has 0 saturated carbocycles. The first-order valence-electron chi connectivity index (χ1n) is 7.01. The molecule has 20 heavy (non-hydrogen) atoms. The summed E-state index contributed by atoms with van der Waals surface area (Å²) >= 11 is 0. The van der Waals surface area contributed by atoms with E-state index < -0.39 is 5.82 Å². The number of halogens is 1. The van der Waals surface area contributed by atoms with Crippen molar-refractivity contribution >= 4 is 5.91 Å². The summed E-state index contributed by atoms with van der Waals surface area (Å²) in [6.07, 6.45) is 1.86. The quantitative estimate of drug-likeness (QED) is 0.922. The lowest BCUT2D eigenvalue weighted by atomic mass is 10.0. The van der Waals surface area contributed by atoms with Crippen molar-refractivity contribution in [2.45, 2.75) is 25.8 Å². The molecule has 1 aliphatic heterocycles. The standard InChI is InChI=1S/C15H21FN2O2/c1-3-18-8-6-12(7-9-18)17(2)15(20)13-5-4-11(16)10-14(13)19/h4-5,10,12,19H,3,6-9H2,1-2H3. The Morgan fingerprint density at radius 2 is 2.10 bits per heavy atom. The van der Waals surface area contributed by atoms with Crippen LogP contribution in [0.5, 0.6) is 5.75 Å². The van der Waals surface area contributed by atoms with Crippen LogP contribution in [0.15, 0.2) is 18.2 Å². The van der Waals surface area contributed by atoms with E-state index in [-0.39, 0.29) is 23.3 Å². The molecule has 1 amide bonds. The lowest BCUT2D eigenvalue weighted by molar-refractivity contribution is 0.0644. The minimum atomic E-state index is -0.544. The molecule has 1 saturated heterocycles. The van der Waals surface area contributed by atoms with Crippen molar-refractivity contribution in [3.63, 3.8) is 0 Å². The number of nitrogens with zero attached hydrogens (tertiary/aromatic N) is 2. The van der Waals surface area contributed by atoms with Crippen LogP contribution in [0.4, 0.5) is 4.39 Å². The third-order valence-electron chi connectivity index (χ3n) is 4.06. The Balaban J connectivity index is 2.05. The number of phenolic OH excluding ortho intramolecular Hbond substituents is 1. The van der Waals surface area contributed by atoms with Gasteiger partial charge >= 0.3 is 0 Å². The van der Waals surface area contributed by atoms with Gasteiger partial charge in [0, 0.05) is 32.2 Å². The summed E-state index contributed by atoms with van der Waals surface area (Å²) in [5, 5.41) is 9.69. The van der Waals surface area contributed by atoms with Gasteiger partial charge in [-0.25, -0.2) is 4.39 Å². The Kier molecular flexibility index (Phi) is 4.60. The second kappa shape index (κ2) is 6.22. The van der Waals surface area contributed by atoms with Gasteiger partial charge in [-0.15, -0.1) is 0 Å². The fraction of sp³-hybridized carbons (Fsp3) is 0.533. The fourth-order valence-electron chi connectivity index (χ4n) is 2.66. The van der Waals surface area contributed by atoms with Crippen LogP contribution in [0.3, 0.4) is 0 Å². The minimum Gasteiger partial charge on any atom is -0.507 e. The summed E-state index contributed by atoms with van der Waals surface area (Å²) in [6.45, 7) is 5.12. The van der Waals surface area contributed by atoms with Gasteiger partial charge in [0.05, 0.1) is 5.56 Å². The smallest absolute Gasteiger partial charge is 0.257 e. The zero-order chi connectivity index (χ0) is 14.7. The first-order valence-corrected chi connectivity index (χ1v) is 7.01. The lowest BCUT2D eigenvalue weighted by Gasteiger charge is -2.36. The minimum absolute atomic E-state index is 0.159. The van der Waals surface area contributed by atoms with Crippen molar-refractivity contribution < 1.29 is 14.3 Å². The molecule has 0 atom stereocenters. The highest BCUT2D eigenvalue weighted by Crippen LogP contribution is 2.23. The molecule has 110 valence electrons. The average molecular weight is 280 g/mol. The summed E-state index contributed by atoms with van der Waals surface area (Å²) in [5.74, 6) is -1.09. The largest absolute Gasteiger partial charge is 0.507 e. The molecule has 4 nitrogen and oxygen atoms in total. The number of carbonyl (C=O) groups excluding carboxylic acids is 1. The maximum absolute atomic E-state index is 13.0. The van der Waals surface area contributed by atoms with E-state index in [1.54, 1.807) is 11.9 Å². The molecule has 0 aliphatic carbocycles. The molecule has 1 fully saturated rings. The molecule has 0 spiro atoms. The van der Waals surface area contributed by atoms with Crippen molar-refractivity contribution in [2.75, 3.05) is 26.7 Å². The first kappa shape index (κ1) is 14.8. The van der Waals surface area contributed by atoms with Crippen LogP contribution < -0.4 is 0 Å². The van der Waals surface area contributed by atoms with Crippen LogP contribution in [0, 0.1) is 5.82 Å². The topological polar surface area (TPSA) is 43.8 Å². The van der Waals surface area contributed by atoms with Gasteiger partial charge in [-0.1, -0.05) is 6.92 Å². The highest BCUT2D eigenvalue weighted by Gasteiger charge is 2.26. The number of benzene rings is 1. The van der Waals surface area contributed by atoms with E-state index in [2.05, 4.69) is 11.8 Å². The molecule has 0 aromatic heterocycles. The normalized spacial score (nSPS) is 17.1. The second-order valence-electron chi connectivity index (χ2n) is 5.24. The molecule has 2 rings (SSSR count). The molecule has 1 aromatic rings. The van der Waals surface area contributed by atoms with Gasteiger partial charge in [0.25, 0.3) is 5.91 Å². The van der Waals surface area contributed by atoms with E-state index in [1.165, 1.54) is 12.1 Å². The average Bonchev–Trinajstić information content (AvgIpc) is 2.46. The van der Waals surface area contributed by atoms with Crippen molar-refractivity contribution in [2.24, 2.45) is 0 Å². The van der Waals surface area contributed by atoms with E-state index in [1.807, 2.05) is 0 Å². The monoisotopic (exact) mass is 280 g/mol. The van der Waals surface area contributed by atoms with Gasteiger partial charge in [0.2, 0.25) is 0 Å². The number of hydrogen-bond acceptors (Lipinski definition) is 3. The molecule has 0 unspecified atom stereocenters. The van der Waals surface area contributed by atoms with E-state index >= 15 is 0 Å². The van der Waals surface area contributed by atoms with Crippen molar-refractivity contribution in [3.8, 4) is 5.75 Å². The van der Waals surface area contributed by atoms with E-state index in [0.29, 0.717) is 0 Å². The van der Waals surface area contributed by atoms with Gasteiger partial charge in [0.15, 0.2) is 0 Å². The number of carbonyl (C=O) groups is 1. The molecule has 1 aromatic carbocycles. The van der Waals surface area contributed by atoms with Gasteiger partial charge in [0.1, 0.15) is 11.6 Å². The predicted molar refractivity (Wildman–Crippen MR) is 75.3 cm³/mol. The van der Waals surface area contributed by atoms with Crippen LogP contribution in [-0.4, -0.2) is 53.5 Å². The Hall–Kier alpha value is -1.62. The van der Waals surface area contributed by atoms with Crippen molar-refractivity contribution in [3.05, 3.63) is 29.6 Å². The third kappa shape index (κ3) is 3.10. The molecule has 1 aliphatic rings. The van der Waals surface area contributed by atoms with Crippen LogP contribution in [0.25, 0.3) is 0 Å². The van der Waals surface area contributed by atoms with Crippen LogP contribution in [0.2, 0.25) is 0 Å². The number of rotatable bonds is 3. The van der Waals surface area contributed by atoms with Gasteiger partial charge < -0.3 is 14.9 Å². The Morgan fingerprint density at radius 1 is 1.45 bits per heavy atom. The SMILES string of the molecule is CCN1CCC(N(C)C(=O)c2ccc(F)cc2O)CC1. The van der Waals surface area contributed by atoms with Crippen molar-refractivity contribution in [1.29, 1.82) is 0 Å². The molecular formula is C15H21FN2O2. The first-order chi connectivity index (χ1) is 9.52. The molecule has 0 radical (unpaired) electrons. The zero-order valence-electron chi connectivity index (χ0n) is 12.0. The summed E-state index contributed by atoms with van der Waals surface area (Å²) in [7, 11) is 1.75. The zero-order valence-corrected chi connectivity index (χ0v) is 12.0. The van der Waals surface area contributed by atoms with Crippen LogP contribution in [-0.2, 0) is 0 Å². The Labute approximate surface area is 118 Å². The maximum Gasteiger partial charge on any atom is 0.257 e. The Bertz CT molecular complexity index is 485. The number of hydrogen-bond donors (Lipinski definition) is 1. The summed E-state index contributed by atoms with van der Waals surface area (Å²) in [6, 6.07) is 3.68. The van der Waals surface area contributed by atoms with E-state index in [9.17, 15) is 14.3 Å². The van der Waals surface area contributed by atoms with E-state index in [0.717, 1.165) is 38.5 Å². The molecule has 5 heteroatoms. The third-order valence-corrected chi connectivity index (χ3v) is 4.06. The summed E-state index contributed by atoms with van der Waals surface area (Å²) in [5.41, 5.74) is 0.159. The molecule has 1 heterocycles. The summed E-state index contributed by atoms with van der Waals surface area (Å²) in [4.78, 5) is 16.4. The maximum atomic E-state index is 13.0. The number of aromatic hydroxyl groups is 1. The van der Waals surface area contributed by atoms with Crippen LogP contribution in [0.1, 0.15) is 30.1 Å². The number of phenols is 1. The molecular weight excluding hydrogens is 259 g/mol. The predicted octanol–water partition coefficient (Wildman–Crippen LogP) is 2.09. The Morgan fingerprint density at radius 3 is 2.65 bits per heavy atom. The molecule has 1 N–H and O–H groups in total. The fourth-order valence-corrected chi connectivity index (χ4v) is 2.66. The second-order valence-corrected chi connectivity index (χ2v) is 5.24. The van der Waals surface area contributed by atoms with Gasteiger partial charge in [-0.2, -0.15) is 0 Å². The number of piperidine rings is 1. The number of likely N-dealkylation sites (tertiary alicyclic amines) is 1. The van der Waals surface area contributed by atoms with Crippen LogP contribution >= 0.6 is 0 Å². The molecule has 0 bridgehead atoms.